The Morgan fingerprint density at radius 3 is 2.69 bits per heavy atom. The van der Waals surface area contributed by atoms with Gasteiger partial charge in [-0.15, -0.1) is 11.6 Å². The van der Waals surface area contributed by atoms with Gasteiger partial charge in [-0.05, 0) is 50.3 Å². The average molecular weight is 238 g/mol. The Labute approximate surface area is 103 Å². The molecule has 0 aromatic heterocycles. The molecule has 2 rings (SSSR count). The molecule has 0 aliphatic heterocycles. The van der Waals surface area contributed by atoms with Gasteiger partial charge in [-0.1, -0.05) is 30.3 Å². The smallest absolute Gasteiger partial charge is 0.0339 e. The minimum absolute atomic E-state index is 0.431. The highest BCUT2D eigenvalue weighted by atomic mass is 35.5. The minimum Gasteiger partial charge on any atom is -0.316 e. The third-order valence-corrected chi connectivity index (χ3v) is 3.74. The fraction of sp³-hybridized carbons (Fsp3) is 0.571. The molecule has 1 nitrogen and oxygen atoms in total. The summed E-state index contributed by atoms with van der Waals surface area (Å²) < 4.78 is 0. The standard InChI is InChI=1S/C14H20ClN/c15-14-7-6-13(10-14)11-16-9-8-12-4-2-1-3-5-12/h1-5,13-14,16H,6-11H2. The molecule has 1 aromatic carbocycles. The number of alkyl halides is 1. The van der Waals surface area contributed by atoms with Gasteiger partial charge in [0.1, 0.15) is 0 Å². The molecule has 1 N–H and O–H groups in total. The largest absolute Gasteiger partial charge is 0.316 e. The van der Waals surface area contributed by atoms with Crippen LogP contribution in [0, 0.1) is 5.92 Å². The van der Waals surface area contributed by atoms with Crippen LogP contribution in [0.5, 0.6) is 0 Å². The van der Waals surface area contributed by atoms with Gasteiger partial charge in [0.25, 0.3) is 0 Å². The van der Waals surface area contributed by atoms with E-state index in [1.54, 1.807) is 0 Å². The highest BCUT2D eigenvalue weighted by Gasteiger charge is 2.21. The lowest BCUT2D eigenvalue weighted by atomic mass is 10.1. The molecule has 0 heterocycles. The monoisotopic (exact) mass is 237 g/mol. The third-order valence-electron chi connectivity index (χ3n) is 3.34. The Morgan fingerprint density at radius 1 is 1.19 bits per heavy atom. The Morgan fingerprint density at radius 2 is 2.00 bits per heavy atom. The predicted molar refractivity (Wildman–Crippen MR) is 70.0 cm³/mol. The number of rotatable bonds is 5. The zero-order valence-corrected chi connectivity index (χ0v) is 10.4. The molecule has 1 saturated carbocycles. The lowest BCUT2D eigenvalue weighted by molar-refractivity contribution is 0.492. The van der Waals surface area contributed by atoms with Crippen molar-refractivity contribution in [1.82, 2.24) is 5.32 Å². The van der Waals surface area contributed by atoms with Gasteiger partial charge in [-0.3, -0.25) is 0 Å². The van der Waals surface area contributed by atoms with E-state index in [9.17, 15) is 0 Å². The number of benzene rings is 1. The first kappa shape index (κ1) is 11.9. The molecule has 2 heteroatoms. The van der Waals surface area contributed by atoms with Crippen LogP contribution in [0.25, 0.3) is 0 Å². The van der Waals surface area contributed by atoms with E-state index in [0.717, 1.165) is 25.4 Å². The molecule has 1 aromatic rings. The molecule has 1 aliphatic carbocycles. The van der Waals surface area contributed by atoms with Gasteiger partial charge >= 0.3 is 0 Å². The maximum atomic E-state index is 6.09. The van der Waals surface area contributed by atoms with Gasteiger partial charge in [0.2, 0.25) is 0 Å². The Bertz CT molecular complexity index is 299. The zero-order valence-electron chi connectivity index (χ0n) is 9.66. The van der Waals surface area contributed by atoms with Crippen LogP contribution < -0.4 is 5.32 Å². The van der Waals surface area contributed by atoms with Crippen molar-refractivity contribution in [3.63, 3.8) is 0 Å². The van der Waals surface area contributed by atoms with Crippen LogP contribution in [0.15, 0.2) is 30.3 Å². The maximum absolute atomic E-state index is 6.09. The Hall–Kier alpha value is -0.530. The maximum Gasteiger partial charge on any atom is 0.0339 e. The van der Waals surface area contributed by atoms with Gasteiger partial charge in [-0.2, -0.15) is 0 Å². The molecule has 0 spiro atoms. The molecule has 16 heavy (non-hydrogen) atoms. The van der Waals surface area contributed by atoms with Crippen LogP contribution in [0.2, 0.25) is 0 Å². The van der Waals surface area contributed by atoms with E-state index in [2.05, 4.69) is 35.6 Å². The van der Waals surface area contributed by atoms with E-state index in [4.69, 9.17) is 11.6 Å². The Balaban J connectivity index is 1.59. The van der Waals surface area contributed by atoms with E-state index in [-0.39, 0.29) is 0 Å². The molecular weight excluding hydrogens is 218 g/mol. The summed E-state index contributed by atoms with van der Waals surface area (Å²) in [4.78, 5) is 0. The normalized spacial score (nSPS) is 24.8. The summed E-state index contributed by atoms with van der Waals surface area (Å²) in [7, 11) is 0. The van der Waals surface area contributed by atoms with Crippen molar-refractivity contribution >= 4 is 11.6 Å². The van der Waals surface area contributed by atoms with Crippen molar-refractivity contribution in [2.45, 2.75) is 31.1 Å². The average Bonchev–Trinajstić information content (AvgIpc) is 2.72. The first-order valence-electron chi connectivity index (χ1n) is 6.23. The van der Waals surface area contributed by atoms with E-state index in [0.29, 0.717) is 5.38 Å². The van der Waals surface area contributed by atoms with E-state index in [1.807, 2.05) is 0 Å². The lowest BCUT2D eigenvalue weighted by Crippen LogP contribution is -2.23. The highest BCUT2D eigenvalue weighted by molar-refractivity contribution is 6.20. The van der Waals surface area contributed by atoms with Crippen LogP contribution in [0.1, 0.15) is 24.8 Å². The second kappa shape index (κ2) is 6.27. The third kappa shape index (κ3) is 3.80. The SMILES string of the molecule is ClC1CCC(CNCCc2ccccc2)C1. The second-order valence-electron chi connectivity index (χ2n) is 4.72. The Kier molecular flexibility index (Phi) is 4.68. The summed E-state index contributed by atoms with van der Waals surface area (Å²) in [5.74, 6) is 0.804. The summed E-state index contributed by atoms with van der Waals surface area (Å²) in [6, 6.07) is 10.6. The number of hydrogen-bond acceptors (Lipinski definition) is 1. The summed E-state index contributed by atoms with van der Waals surface area (Å²) in [6.45, 7) is 2.21. The quantitative estimate of drug-likeness (QED) is 0.613. The summed E-state index contributed by atoms with van der Waals surface area (Å²) in [5.41, 5.74) is 1.41. The zero-order chi connectivity index (χ0) is 11.2. The fourth-order valence-electron chi connectivity index (χ4n) is 2.38. The van der Waals surface area contributed by atoms with Crippen molar-refractivity contribution in [2.24, 2.45) is 5.92 Å². The number of halogens is 1. The van der Waals surface area contributed by atoms with E-state index < -0.39 is 0 Å². The van der Waals surface area contributed by atoms with Crippen LogP contribution >= 0.6 is 11.6 Å². The van der Waals surface area contributed by atoms with Gasteiger partial charge in [-0.25, -0.2) is 0 Å². The van der Waals surface area contributed by atoms with E-state index in [1.165, 1.54) is 24.8 Å². The number of hydrogen-bond donors (Lipinski definition) is 1. The van der Waals surface area contributed by atoms with Gasteiger partial charge < -0.3 is 5.32 Å². The first-order chi connectivity index (χ1) is 7.84. The summed E-state index contributed by atoms with van der Waals surface area (Å²) in [6.07, 6.45) is 4.82. The molecule has 2 unspecified atom stereocenters. The molecule has 0 saturated heterocycles. The van der Waals surface area contributed by atoms with Crippen molar-refractivity contribution in [3.8, 4) is 0 Å². The molecule has 0 amide bonds. The van der Waals surface area contributed by atoms with Crippen molar-refractivity contribution in [1.29, 1.82) is 0 Å². The van der Waals surface area contributed by atoms with Crippen LogP contribution in [0.4, 0.5) is 0 Å². The number of nitrogens with one attached hydrogen (secondary N) is 1. The minimum atomic E-state index is 0.431. The van der Waals surface area contributed by atoms with Crippen LogP contribution in [0.3, 0.4) is 0 Å². The van der Waals surface area contributed by atoms with Crippen LogP contribution in [-0.4, -0.2) is 18.5 Å². The van der Waals surface area contributed by atoms with Crippen molar-refractivity contribution < 1.29 is 0 Å². The van der Waals surface area contributed by atoms with Gasteiger partial charge in [0, 0.05) is 5.38 Å². The van der Waals surface area contributed by atoms with Gasteiger partial charge in [0.05, 0.1) is 0 Å². The van der Waals surface area contributed by atoms with Gasteiger partial charge in [0.15, 0.2) is 0 Å². The molecule has 2 atom stereocenters. The summed E-state index contributed by atoms with van der Waals surface area (Å²) in [5, 5.41) is 3.97. The fourth-order valence-corrected chi connectivity index (χ4v) is 2.76. The van der Waals surface area contributed by atoms with Crippen molar-refractivity contribution in [3.05, 3.63) is 35.9 Å². The molecule has 0 radical (unpaired) electrons. The molecular formula is C14H20ClN. The highest BCUT2D eigenvalue weighted by Crippen LogP contribution is 2.28. The molecule has 1 fully saturated rings. The molecule has 0 bridgehead atoms. The lowest BCUT2D eigenvalue weighted by Gasteiger charge is -2.10. The van der Waals surface area contributed by atoms with E-state index >= 15 is 0 Å². The van der Waals surface area contributed by atoms with Crippen LogP contribution in [-0.2, 0) is 6.42 Å². The second-order valence-corrected chi connectivity index (χ2v) is 5.33. The first-order valence-corrected chi connectivity index (χ1v) is 6.67. The van der Waals surface area contributed by atoms with Crippen molar-refractivity contribution in [2.75, 3.05) is 13.1 Å². The summed E-state index contributed by atoms with van der Waals surface area (Å²) >= 11 is 6.09. The molecule has 1 aliphatic rings. The predicted octanol–water partition coefficient (Wildman–Crippen LogP) is 3.23. The topological polar surface area (TPSA) is 12.0 Å². The molecule has 88 valence electrons.